The fraction of sp³-hybridized carbons (Fsp3) is 0.700. The van der Waals surface area contributed by atoms with Gasteiger partial charge in [0, 0.05) is 6.42 Å². The van der Waals surface area contributed by atoms with Crippen molar-refractivity contribution in [3.05, 3.63) is 29.8 Å². The molecule has 2 unspecified atom stereocenters. The normalized spacial score (nSPS) is 26.1. The van der Waals surface area contributed by atoms with Crippen LogP contribution in [0, 0.1) is 5.92 Å². The highest BCUT2D eigenvalue weighted by atomic mass is 16.5. The van der Waals surface area contributed by atoms with Gasteiger partial charge in [0.2, 0.25) is 0 Å². The Bertz CT molecular complexity index is 480. The first-order chi connectivity index (χ1) is 10.4. The fourth-order valence-electron chi connectivity index (χ4n) is 4.24. The summed E-state index contributed by atoms with van der Waals surface area (Å²) >= 11 is 0. The monoisotopic (exact) mass is 304 g/mol. The summed E-state index contributed by atoms with van der Waals surface area (Å²) in [6.07, 6.45) is 8.10. The number of rotatable bonds is 6. The Morgan fingerprint density at radius 1 is 1.23 bits per heavy atom. The van der Waals surface area contributed by atoms with Crippen molar-refractivity contribution in [2.24, 2.45) is 5.92 Å². The van der Waals surface area contributed by atoms with Crippen LogP contribution in [0.25, 0.3) is 0 Å². The molecule has 124 valence electrons. The van der Waals surface area contributed by atoms with E-state index in [4.69, 9.17) is 4.74 Å². The molecular formula is C20H32O2. The summed E-state index contributed by atoms with van der Waals surface area (Å²) in [5, 5.41) is 10.0. The van der Waals surface area contributed by atoms with Gasteiger partial charge >= 0.3 is 0 Å². The van der Waals surface area contributed by atoms with Gasteiger partial charge in [0.25, 0.3) is 0 Å². The van der Waals surface area contributed by atoms with Crippen molar-refractivity contribution < 1.29 is 9.84 Å². The minimum atomic E-state index is -0.264. The average Bonchev–Trinajstić information content (AvgIpc) is 2.49. The molecule has 1 aliphatic rings. The van der Waals surface area contributed by atoms with Gasteiger partial charge in [-0.25, -0.2) is 0 Å². The van der Waals surface area contributed by atoms with Crippen molar-refractivity contribution in [3.8, 4) is 5.75 Å². The Hall–Kier alpha value is -1.02. The van der Waals surface area contributed by atoms with Gasteiger partial charge < -0.3 is 9.84 Å². The molecule has 1 aromatic rings. The Labute approximate surface area is 135 Å². The van der Waals surface area contributed by atoms with E-state index in [1.54, 1.807) is 6.07 Å². The Morgan fingerprint density at radius 2 is 1.95 bits per heavy atom. The summed E-state index contributed by atoms with van der Waals surface area (Å²) in [4.78, 5) is 0. The number of phenolic OH excluding ortho intramolecular Hbond substituents is 1. The average molecular weight is 304 g/mol. The van der Waals surface area contributed by atoms with Crippen molar-refractivity contribution in [1.82, 2.24) is 0 Å². The summed E-state index contributed by atoms with van der Waals surface area (Å²) < 4.78 is 6.77. The van der Waals surface area contributed by atoms with Gasteiger partial charge in [-0.2, -0.15) is 0 Å². The number of hydrogen-bond donors (Lipinski definition) is 1. The second kappa shape index (κ2) is 7.04. The summed E-state index contributed by atoms with van der Waals surface area (Å²) in [6, 6.07) is 7.61. The smallest absolute Gasteiger partial charge is 0.118 e. The van der Waals surface area contributed by atoms with Crippen molar-refractivity contribution in [3.63, 3.8) is 0 Å². The van der Waals surface area contributed by atoms with Gasteiger partial charge in [0.15, 0.2) is 0 Å². The number of ether oxygens (including phenoxy) is 1. The predicted octanol–water partition coefficient (Wildman–Crippen LogP) is 5.48. The molecule has 1 N–H and O–H groups in total. The van der Waals surface area contributed by atoms with Crippen molar-refractivity contribution in [2.75, 3.05) is 0 Å². The standard InChI is InChI=1S/C20H32O2/c1-5-17-12-9-10-14-20(17,6-2)22-19(3,4)15-16-11-7-8-13-18(16)21/h7-8,11,13,17,21H,5-6,9-10,12,14-15H2,1-4H3. The third-order valence-corrected chi connectivity index (χ3v) is 5.33. The molecule has 0 spiro atoms. The van der Waals surface area contributed by atoms with Crippen LogP contribution in [0.5, 0.6) is 5.75 Å². The molecule has 0 saturated heterocycles. The molecule has 0 bridgehead atoms. The minimum absolute atomic E-state index is 0.0148. The van der Waals surface area contributed by atoms with Gasteiger partial charge in [0.05, 0.1) is 11.2 Å². The molecule has 2 nitrogen and oxygen atoms in total. The molecule has 0 radical (unpaired) electrons. The molecule has 2 atom stereocenters. The van der Waals surface area contributed by atoms with Crippen LogP contribution in [0.1, 0.15) is 71.8 Å². The zero-order valence-corrected chi connectivity index (χ0v) is 14.7. The van der Waals surface area contributed by atoms with E-state index in [1.807, 2.05) is 18.2 Å². The third-order valence-electron chi connectivity index (χ3n) is 5.33. The van der Waals surface area contributed by atoms with Gasteiger partial charge in [-0.3, -0.25) is 0 Å². The molecule has 2 rings (SSSR count). The van der Waals surface area contributed by atoms with E-state index in [1.165, 1.54) is 32.1 Å². The number of hydrogen-bond acceptors (Lipinski definition) is 2. The Kier molecular flexibility index (Phi) is 5.55. The van der Waals surface area contributed by atoms with Gasteiger partial charge in [-0.15, -0.1) is 0 Å². The molecule has 0 heterocycles. The molecule has 0 aromatic heterocycles. The lowest BCUT2D eigenvalue weighted by Crippen LogP contribution is -2.49. The molecule has 1 aliphatic carbocycles. The molecule has 2 heteroatoms. The molecule has 1 aromatic carbocycles. The lowest BCUT2D eigenvalue weighted by atomic mass is 9.72. The molecule has 1 saturated carbocycles. The van der Waals surface area contributed by atoms with Crippen molar-refractivity contribution in [2.45, 2.75) is 83.8 Å². The highest BCUT2D eigenvalue weighted by molar-refractivity contribution is 5.32. The quantitative estimate of drug-likeness (QED) is 0.754. The van der Waals surface area contributed by atoms with Crippen molar-refractivity contribution >= 4 is 0 Å². The first-order valence-corrected chi connectivity index (χ1v) is 8.89. The van der Waals surface area contributed by atoms with Crippen LogP contribution in [-0.2, 0) is 11.2 Å². The first-order valence-electron chi connectivity index (χ1n) is 8.89. The van der Waals surface area contributed by atoms with Gasteiger partial charge in [-0.05, 0) is 50.7 Å². The molecule has 22 heavy (non-hydrogen) atoms. The van der Waals surface area contributed by atoms with Crippen LogP contribution in [0.4, 0.5) is 0 Å². The summed E-state index contributed by atoms with van der Waals surface area (Å²) in [5.41, 5.74) is 0.725. The summed E-state index contributed by atoms with van der Waals surface area (Å²) in [6.45, 7) is 8.89. The summed E-state index contributed by atoms with van der Waals surface area (Å²) in [5.74, 6) is 1.04. The van der Waals surface area contributed by atoms with Crippen molar-refractivity contribution in [1.29, 1.82) is 0 Å². The highest BCUT2D eigenvalue weighted by Crippen LogP contribution is 2.44. The van der Waals surface area contributed by atoms with Gasteiger partial charge in [0.1, 0.15) is 5.75 Å². The number of aromatic hydroxyl groups is 1. The largest absolute Gasteiger partial charge is 0.508 e. The summed E-state index contributed by atoms with van der Waals surface area (Å²) in [7, 11) is 0. The molecule has 0 aliphatic heterocycles. The van der Waals surface area contributed by atoms with Crippen LogP contribution in [0.15, 0.2) is 24.3 Å². The maximum Gasteiger partial charge on any atom is 0.118 e. The molecule has 1 fully saturated rings. The van der Waals surface area contributed by atoms with E-state index < -0.39 is 0 Å². The predicted molar refractivity (Wildman–Crippen MR) is 92.2 cm³/mol. The van der Waals surface area contributed by atoms with E-state index in [2.05, 4.69) is 27.7 Å². The molecule has 0 amide bonds. The topological polar surface area (TPSA) is 29.5 Å². The number of phenols is 1. The zero-order valence-electron chi connectivity index (χ0n) is 14.7. The maximum atomic E-state index is 10.0. The second-order valence-electron chi connectivity index (χ2n) is 7.44. The highest BCUT2D eigenvalue weighted by Gasteiger charge is 2.43. The van der Waals surface area contributed by atoms with E-state index in [9.17, 15) is 5.11 Å². The zero-order chi connectivity index (χ0) is 16.2. The minimum Gasteiger partial charge on any atom is -0.508 e. The third kappa shape index (κ3) is 3.84. The van der Waals surface area contributed by atoms with E-state index in [-0.39, 0.29) is 11.2 Å². The fourth-order valence-corrected chi connectivity index (χ4v) is 4.24. The number of para-hydroxylation sites is 1. The van der Waals surface area contributed by atoms with Crippen LogP contribution >= 0.6 is 0 Å². The van der Waals surface area contributed by atoms with E-state index in [0.29, 0.717) is 11.7 Å². The molecular weight excluding hydrogens is 272 g/mol. The second-order valence-corrected chi connectivity index (χ2v) is 7.44. The maximum absolute atomic E-state index is 10.0. The Morgan fingerprint density at radius 3 is 2.59 bits per heavy atom. The van der Waals surface area contributed by atoms with E-state index in [0.717, 1.165) is 18.4 Å². The van der Waals surface area contributed by atoms with Crippen LogP contribution in [0.2, 0.25) is 0 Å². The number of benzene rings is 1. The SMILES string of the molecule is CCC1CCCCC1(CC)OC(C)(C)Cc1ccccc1O. The Balaban J connectivity index is 2.16. The van der Waals surface area contributed by atoms with Crippen LogP contribution < -0.4 is 0 Å². The lowest BCUT2D eigenvalue weighted by molar-refractivity contribution is -0.184. The van der Waals surface area contributed by atoms with Gasteiger partial charge in [-0.1, -0.05) is 51.3 Å². The van der Waals surface area contributed by atoms with E-state index >= 15 is 0 Å². The first kappa shape index (κ1) is 17.3. The van der Waals surface area contributed by atoms with Crippen LogP contribution in [0.3, 0.4) is 0 Å². The van der Waals surface area contributed by atoms with Crippen LogP contribution in [-0.4, -0.2) is 16.3 Å². The lowest BCUT2D eigenvalue weighted by Gasteiger charge is -2.48.